The normalized spacial score (nSPS) is 24.0. The van der Waals surface area contributed by atoms with Gasteiger partial charge in [0, 0.05) is 26.1 Å². The second kappa shape index (κ2) is 8.24. The van der Waals surface area contributed by atoms with E-state index in [-0.39, 0.29) is 11.8 Å². The fourth-order valence-electron chi connectivity index (χ4n) is 4.24. The molecular formula is C19H36F2O2. The molecule has 4 heteroatoms. The number of ether oxygens (including phenoxy) is 2. The maximum absolute atomic E-state index is 13.4. The topological polar surface area (TPSA) is 18.5 Å². The van der Waals surface area contributed by atoms with Crippen LogP contribution >= 0.6 is 0 Å². The molecule has 0 N–H and O–H groups in total. The zero-order valence-corrected chi connectivity index (χ0v) is 15.9. The van der Waals surface area contributed by atoms with Crippen molar-refractivity contribution in [3.8, 4) is 0 Å². The highest BCUT2D eigenvalue weighted by molar-refractivity contribution is 4.92. The zero-order valence-electron chi connectivity index (χ0n) is 15.9. The standard InChI is InChI=1S/C19H36F2O2/c1-17(2,3)15-7-9-16(10-8-15)19(13-22-5,14-23-6)12-11-18(4,20)21/h15-16H,7-14H2,1-6H3. The van der Waals surface area contributed by atoms with E-state index < -0.39 is 5.92 Å². The van der Waals surface area contributed by atoms with Gasteiger partial charge in [-0.2, -0.15) is 0 Å². The lowest BCUT2D eigenvalue weighted by atomic mass is 9.62. The Bertz CT molecular complexity index is 330. The summed E-state index contributed by atoms with van der Waals surface area (Å²) >= 11 is 0. The highest BCUT2D eigenvalue weighted by Crippen LogP contribution is 2.48. The largest absolute Gasteiger partial charge is 0.384 e. The summed E-state index contributed by atoms with van der Waals surface area (Å²) in [5.74, 6) is -1.51. The summed E-state index contributed by atoms with van der Waals surface area (Å²) in [7, 11) is 3.32. The summed E-state index contributed by atoms with van der Waals surface area (Å²) in [6, 6.07) is 0. The van der Waals surface area contributed by atoms with Gasteiger partial charge in [0.25, 0.3) is 0 Å². The Labute approximate surface area is 141 Å². The van der Waals surface area contributed by atoms with E-state index >= 15 is 0 Å². The third-order valence-corrected chi connectivity index (χ3v) is 5.74. The van der Waals surface area contributed by atoms with Crippen molar-refractivity contribution in [2.45, 2.75) is 72.1 Å². The highest BCUT2D eigenvalue weighted by Gasteiger charge is 2.43. The van der Waals surface area contributed by atoms with E-state index in [1.54, 1.807) is 14.2 Å². The number of hydrogen-bond donors (Lipinski definition) is 0. The molecule has 0 aromatic rings. The predicted octanol–water partition coefficient (Wildman–Crippen LogP) is 5.55. The Hall–Kier alpha value is -0.220. The Kier molecular flexibility index (Phi) is 7.46. The quantitative estimate of drug-likeness (QED) is 0.579. The molecule has 0 amide bonds. The molecule has 0 aromatic heterocycles. The molecule has 23 heavy (non-hydrogen) atoms. The van der Waals surface area contributed by atoms with E-state index in [1.807, 2.05) is 0 Å². The van der Waals surface area contributed by atoms with E-state index in [1.165, 1.54) is 12.8 Å². The summed E-state index contributed by atoms with van der Waals surface area (Å²) in [5.41, 5.74) is 0.0401. The number of methoxy groups -OCH3 is 2. The lowest BCUT2D eigenvalue weighted by Gasteiger charge is -2.46. The van der Waals surface area contributed by atoms with Crippen LogP contribution in [0.15, 0.2) is 0 Å². The van der Waals surface area contributed by atoms with E-state index in [0.29, 0.717) is 36.9 Å². The van der Waals surface area contributed by atoms with Crippen LogP contribution in [-0.4, -0.2) is 33.4 Å². The van der Waals surface area contributed by atoms with Crippen molar-refractivity contribution in [1.29, 1.82) is 0 Å². The van der Waals surface area contributed by atoms with Crippen molar-refractivity contribution in [2.75, 3.05) is 27.4 Å². The first-order valence-electron chi connectivity index (χ1n) is 8.90. The molecule has 0 unspecified atom stereocenters. The van der Waals surface area contributed by atoms with Gasteiger partial charge in [0.2, 0.25) is 5.92 Å². The maximum atomic E-state index is 13.4. The Morgan fingerprint density at radius 3 is 1.57 bits per heavy atom. The molecule has 0 radical (unpaired) electrons. The molecule has 2 nitrogen and oxygen atoms in total. The molecule has 0 aliphatic heterocycles. The fourth-order valence-corrected chi connectivity index (χ4v) is 4.24. The van der Waals surface area contributed by atoms with E-state index in [0.717, 1.165) is 19.8 Å². The highest BCUT2D eigenvalue weighted by atomic mass is 19.3. The Balaban J connectivity index is 2.83. The number of halogens is 2. The Morgan fingerprint density at radius 2 is 1.22 bits per heavy atom. The summed E-state index contributed by atoms with van der Waals surface area (Å²) < 4.78 is 37.8. The first kappa shape index (κ1) is 20.8. The minimum atomic E-state index is -2.63. The van der Waals surface area contributed by atoms with Crippen LogP contribution in [0.25, 0.3) is 0 Å². The average molecular weight is 334 g/mol. The van der Waals surface area contributed by atoms with Crippen molar-refractivity contribution in [2.24, 2.45) is 22.7 Å². The van der Waals surface area contributed by atoms with Crippen LogP contribution in [0, 0.1) is 22.7 Å². The third kappa shape index (κ3) is 6.30. The fraction of sp³-hybridized carbons (Fsp3) is 1.00. The van der Waals surface area contributed by atoms with Gasteiger partial charge in [-0.15, -0.1) is 0 Å². The minimum Gasteiger partial charge on any atom is -0.384 e. The van der Waals surface area contributed by atoms with Crippen LogP contribution < -0.4 is 0 Å². The third-order valence-electron chi connectivity index (χ3n) is 5.74. The lowest BCUT2D eigenvalue weighted by molar-refractivity contribution is -0.0761. The van der Waals surface area contributed by atoms with Crippen LogP contribution in [0.5, 0.6) is 0 Å². The first-order valence-corrected chi connectivity index (χ1v) is 8.90. The van der Waals surface area contributed by atoms with Gasteiger partial charge in [-0.1, -0.05) is 20.8 Å². The molecule has 0 atom stereocenters. The number of rotatable bonds is 8. The molecule has 0 saturated heterocycles. The van der Waals surface area contributed by atoms with E-state index in [9.17, 15) is 8.78 Å². The predicted molar refractivity (Wildman–Crippen MR) is 90.9 cm³/mol. The molecule has 1 aliphatic rings. The second-order valence-electron chi connectivity index (χ2n) is 8.71. The molecule has 1 rings (SSSR count). The van der Waals surface area contributed by atoms with Gasteiger partial charge in [-0.05, 0) is 56.3 Å². The van der Waals surface area contributed by atoms with Gasteiger partial charge in [-0.25, -0.2) is 8.78 Å². The van der Waals surface area contributed by atoms with Gasteiger partial charge in [-0.3, -0.25) is 0 Å². The monoisotopic (exact) mass is 334 g/mol. The second-order valence-corrected chi connectivity index (χ2v) is 8.71. The van der Waals surface area contributed by atoms with Gasteiger partial charge < -0.3 is 9.47 Å². The molecular weight excluding hydrogens is 298 g/mol. The average Bonchev–Trinajstić information content (AvgIpc) is 2.44. The van der Waals surface area contributed by atoms with Gasteiger partial charge >= 0.3 is 0 Å². The summed E-state index contributed by atoms with van der Waals surface area (Å²) in [6.07, 6.45) is 4.88. The smallest absolute Gasteiger partial charge is 0.245 e. The number of alkyl halides is 2. The summed E-state index contributed by atoms with van der Waals surface area (Å²) in [6.45, 7) is 8.91. The van der Waals surface area contributed by atoms with Gasteiger partial charge in [0.05, 0.1) is 13.2 Å². The van der Waals surface area contributed by atoms with Crippen molar-refractivity contribution >= 4 is 0 Å². The van der Waals surface area contributed by atoms with E-state index in [2.05, 4.69) is 20.8 Å². The molecule has 1 fully saturated rings. The van der Waals surface area contributed by atoms with Crippen LogP contribution in [0.3, 0.4) is 0 Å². The van der Waals surface area contributed by atoms with Crippen LogP contribution in [-0.2, 0) is 9.47 Å². The molecule has 138 valence electrons. The number of hydrogen-bond acceptors (Lipinski definition) is 2. The first-order chi connectivity index (χ1) is 10.5. The van der Waals surface area contributed by atoms with Gasteiger partial charge in [0.1, 0.15) is 0 Å². The summed E-state index contributed by atoms with van der Waals surface area (Å²) in [5, 5.41) is 0. The molecule has 1 saturated carbocycles. The molecule has 0 bridgehead atoms. The van der Waals surface area contributed by atoms with Crippen molar-refractivity contribution in [3.05, 3.63) is 0 Å². The van der Waals surface area contributed by atoms with Gasteiger partial charge in [0.15, 0.2) is 0 Å². The Morgan fingerprint density at radius 1 is 0.783 bits per heavy atom. The zero-order chi connectivity index (χ0) is 17.7. The van der Waals surface area contributed by atoms with Crippen molar-refractivity contribution < 1.29 is 18.3 Å². The molecule has 0 aromatic carbocycles. The van der Waals surface area contributed by atoms with Crippen molar-refractivity contribution in [1.82, 2.24) is 0 Å². The summed E-state index contributed by atoms with van der Waals surface area (Å²) in [4.78, 5) is 0. The molecule has 0 spiro atoms. The van der Waals surface area contributed by atoms with Crippen LogP contribution in [0.1, 0.15) is 66.2 Å². The molecule has 1 aliphatic carbocycles. The van der Waals surface area contributed by atoms with E-state index in [4.69, 9.17) is 9.47 Å². The maximum Gasteiger partial charge on any atom is 0.245 e. The lowest BCUT2D eigenvalue weighted by Crippen LogP contribution is -2.43. The SMILES string of the molecule is COCC(CCC(C)(F)F)(COC)C1CCC(C(C)(C)C)CC1. The van der Waals surface area contributed by atoms with Crippen LogP contribution in [0.2, 0.25) is 0 Å². The van der Waals surface area contributed by atoms with Crippen LogP contribution in [0.4, 0.5) is 8.78 Å². The molecule has 0 heterocycles. The van der Waals surface area contributed by atoms with Crippen molar-refractivity contribution in [3.63, 3.8) is 0 Å². The minimum absolute atomic E-state index is 0.0983.